The van der Waals surface area contributed by atoms with Crippen molar-refractivity contribution in [3.8, 4) is 0 Å². The number of carbonyl (C=O) groups is 3. The first-order valence-corrected chi connectivity index (χ1v) is 6.50. The summed E-state index contributed by atoms with van der Waals surface area (Å²) in [6, 6.07) is -1.08. The molecule has 0 saturated carbocycles. The molecule has 4 amide bonds. The zero-order valence-corrected chi connectivity index (χ0v) is 11.1. The standard InChI is InChI=1S/C12H19N3O4/c1-7-5-15(6-8(2)19-7)10(16)4-3-9-11(17)14-12(18)13-9/h7-9H,3-6H2,1-2H3,(H2,13,14,17,18)/t7-,8+,9-/m0/s1. The number of rotatable bonds is 3. The summed E-state index contributed by atoms with van der Waals surface area (Å²) >= 11 is 0. The molecule has 0 radical (unpaired) electrons. The highest BCUT2D eigenvalue weighted by Crippen LogP contribution is 2.13. The maximum Gasteiger partial charge on any atom is 0.322 e. The fourth-order valence-corrected chi connectivity index (χ4v) is 2.47. The van der Waals surface area contributed by atoms with Crippen molar-refractivity contribution in [2.75, 3.05) is 13.1 Å². The van der Waals surface area contributed by atoms with Crippen molar-refractivity contribution in [3.63, 3.8) is 0 Å². The van der Waals surface area contributed by atoms with Gasteiger partial charge in [-0.1, -0.05) is 0 Å². The monoisotopic (exact) mass is 269 g/mol. The third-order valence-corrected chi connectivity index (χ3v) is 3.28. The van der Waals surface area contributed by atoms with Gasteiger partial charge in [0.2, 0.25) is 5.91 Å². The maximum atomic E-state index is 12.1. The Morgan fingerprint density at radius 3 is 2.47 bits per heavy atom. The molecule has 2 rings (SSSR count). The molecule has 2 aliphatic heterocycles. The number of hydrogen-bond acceptors (Lipinski definition) is 4. The maximum absolute atomic E-state index is 12.1. The lowest BCUT2D eigenvalue weighted by Crippen LogP contribution is -2.48. The summed E-state index contributed by atoms with van der Waals surface area (Å²) in [4.78, 5) is 36.1. The number of nitrogens with one attached hydrogen (secondary N) is 2. The first kappa shape index (κ1) is 13.8. The van der Waals surface area contributed by atoms with Crippen LogP contribution in [0, 0.1) is 0 Å². The van der Waals surface area contributed by atoms with E-state index in [-0.39, 0.29) is 30.4 Å². The Bertz CT molecular complexity index is 388. The van der Waals surface area contributed by atoms with Gasteiger partial charge >= 0.3 is 6.03 Å². The summed E-state index contributed by atoms with van der Waals surface area (Å²) in [7, 11) is 0. The third kappa shape index (κ3) is 3.44. The normalized spacial score (nSPS) is 31.1. The molecule has 2 saturated heterocycles. The van der Waals surface area contributed by atoms with Gasteiger partial charge in [0.25, 0.3) is 5.91 Å². The summed E-state index contributed by atoms with van der Waals surface area (Å²) in [5.74, 6) is -0.363. The molecular weight excluding hydrogens is 250 g/mol. The van der Waals surface area contributed by atoms with Gasteiger partial charge in [-0.15, -0.1) is 0 Å². The number of morpholine rings is 1. The third-order valence-electron chi connectivity index (χ3n) is 3.28. The van der Waals surface area contributed by atoms with Gasteiger partial charge in [-0.25, -0.2) is 4.79 Å². The van der Waals surface area contributed by atoms with Crippen molar-refractivity contribution in [1.29, 1.82) is 0 Å². The molecule has 19 heavy (non-hydrogen) atoms. The van der Waals surface area contributed by atoms with Crippen LogP contribution < -0.4 is 10.6 Å². The molecule has 0 bridgehead atoms. The first-order chi connectivity index (χ1) is 8.95. The van der Waals surface area contributed by atoms with E-state index in [9.17, 15) is 14.4 Å². The van der Waals surface area contributed by atoms with Gasteiger partial charge in [-0.2, -0.15) is 0 Å². The highest BCUT2D eigenvalue weighted by Gasteiger charge is 2.31. The van der Waals surface area contributed by atoms with Gasteiger partial charge in [0.15, 0.2) is 0 Å². The van der Waals surface area contributed by atoms with Crippen LogP contribution in [-0.4, -0.2) is 54.1 Å². The largest absolute Gasteiger partial charge is 0.372 e. The van der Waals surface area contributed by atoms with Gasteiger partial charge < -0.3 is 15.0 Å². The fourth-order valence-electron chi connectivity index (χ4n) is 2.47. The fraction of sp³-hybridized carbons (Fsp3) is 0.750. The quantitative estimate of drug-likeness (QED) is 0.683. The molecule has 2 aliphatic rings. The van der Waals surface area contributed by atoms with E-state index in [0.29, 0.717) is 19.5 Å². The molecule has 2 fully saturated rings. The van der Waals surface area contributed by atoms with Gasteiger partial charge in [-0.05, 0) is 20.3 Å². The van der Waals surface area contributed by atoms with Gasteiger partial charge in [0.1, 0.15) is 6.04 Å². The number of ether oxygens (including phenoxy) is 1. The first-order valence-electron chi connectivity index (χ1n) is 6.50. The minimum atomic E-state index is -0.590. The number of amides is 4. The predicted octanol–water partition coefficient (Wildman–Crippen LogP) is -0.390. The number of nitrogens with zero attached hydrogens (tertiary/aromatic N) is 1. The summed E-state index contributed by atoms with van der Waals surface area (Å²) in [5, 5.41) is 4.63. The average Bonchev–Trinajstić information content (AvgIpc) is 2.63. The molecule has 3 atom stereocenters. The summed E-state index contributed by atoms with van der Waals surface area (Å²) in [6.07, 6.45) is 0.637. The van der Waals surface area contributed by atoms with Crippen LogP contribution in [0.4, 0.5) is 4.79 Å². The van der Waals surface area contributed by atoms with E-state index in [1.807, 2.05) is 13.8 Å². The lowest BCUT2D eigenvalue weighted by Gasteiger charge is -2.35. The molecule has 7 heteroatoms. The molecule has 106 valence electrons. The minimum absolute atomic E-state index is 0.00375. The molecule has 0 unspecified atom stereocenters. The van der Waals surface area contributed by atoms with E-state index in [1.165, 1.54) is 0 Å². The Hall–Kier alpha value is -1.63. The van der Waals surface area contributed by atoms with Crippen molar-refractivity contribution >= 4 is 17.8 Å². The molecule has 0 aliphatic carbocycles. The van der Waals surface area contributed by atoms with Crippen LogP contribution in [0.15, 0.2) is 0 Å². The van der Waals surface area contributed by atoms with E-state index in [1.54, 1.807) is 4.90 Å². The Balaban J connectivity index is 1.81. The van der Waals surface area contributed by atoms with Gasteiger partial charge in [0, 0.05) is 19.5 Å². The minimum Gasteiger partial charge on any atom is -0.372 e. The Morgan fingerprint density at radius 1 is 1.32 bits per heavy atom. The molecule has 2 N–H and O–H groups in total. The van der Waals surface area contributed by atoms with E-state index >= 15 is 0 Å². The topological polar surface area (TPSA) is 87.7 Å². The van der Waals surface area contributed by atoms with E-state index < -0.39 is 12.1 Å². The van der Waals surface area contributed by atoms with Crippen LogP contribution >= 0.6 is 0 Å². The van der Waals surface area contributed by atoms with E-state index in [4.69, 9.17) is 4.74 Å². The van der Waals surface area contributed by atoms with Gasteiger partial charge in [0.05, 0.1) is 12.2 Å². The van der Waals surface area contributed by atoms with Crippen LogP contribution in [0.25, 0.3) is 0 Å². The van der Waals surface area contributed by atoms with Crippen molar-refractivity contribution in [1.82, 2.24) is 15.5 Å². The molecule has 0 aromatic rings. The predicted molar refractivity (Wildman–Crippen MR) is 66.3 cm³/mol. The summed E-state index contributed by atoms with van der Waals surface area (Å²) in [6.45, 7) is 5.01. The second-order valence-electron chi connectivity index (χ2n) is 5.11. The van der Waals surface area contributed by atoms with Crippen LogP contribution in [0.3, 0.4) is 0 Å². The smallest absolute Gasteiger partial charge is 0.322 e. The van der Waals surface area contributed by atoms with Crippen molar-refractivity contribution in [2.24, 2.45) is 0 Å². The summed E-state index contributed by atoms with van der Waals surface area (Å²) in [5.41, 5.74) is 0. The number of imide groups is 1. The van der Waals surface area contributed by atoms with Crippen molar-refractivity contribution in [3.05, 3.63) is 0 Å². The Kier molecular flexibility index (Phi) is 4.04. The highest BCUT2D eigenvalue weighted by molar-refractivity contribution is 6.04. The zero-order chi connectivity index (χ0) is 14.0. The number of hydrogen-bond donors (Lipinski definition) is 2. The van der Waals surface area contributed by atoms with Crippen LogP contribution in [-0.2, 0) is 14.3 Å². The lowest BCUT2D eigenvalue weighted by molar-refractivity contribution is -0.143. The Labute approximate surface area is 111 Å². The Morgan fingerprint density at radius 2 is 1.95 bits per heavy atom. The summed E-state index contributed by atoms with van der Waals surface area (Å²) < 4.78 is 5.56. The molecule has 0 spiro atoms. The highest BCUT2D eigenvalue weighted by atomic mass is 16.5. The molecule has 7 nitrogen and oxygen atoms in total. The molecule has 0 aromatic carbocycles. The van der Waals surface area contributed by atoms with Crippen LogP contribution in [0.1, 0.15) is 26.7 Å². The molecule has 0 aromatic heterocycles. The second-order valence-corrected chi connectivity index (χ2v) is 5.11. The molecular formula is C12H19N3O4. The van der Waals surface area contributed by atoms with Crippen LogP contribution in [0.2, 0.25) is 0 Å². The zero-order valence-electron chi connectivity index (χ0n) is 11.1. The lowest BCUT2D eigenvalue weighted by atomic mass is 10.1. The van der Waals surface area contributed by atoms with E-state index in [2.05, 4.69) is 10.6 Å². The van der Waals surface area contributed by atoms with Crippen molar-refractivity contribution in [2.45, 2.75) is 44.9 Å². The van der Waals surface area contributed by atoms with Crippen LogP contribution in [0.5, 0.6) is 0 Å². The molecule has 2 heterocycles. The second kappa shape index (κ2) is 5.56. The SMILES string of the molecule is C[C@@H]1CN(C(=O)CC[C@@H]2NC(=O)NC2=O)C[C@H](C)O1. The van der Waals surface area contributed by atoms with Crippen molar-refractivity contribution < 1.29 is 19.1 Å². The van der Waals surface area contributed by atoms with Gasteiger partial charge in [-0.3, -0.25) is 14.9 Å². The number of carbonyl (C=O) groups excluding carboxylic acids is 3. The van der Waals surface area contributed by atoms with E-state index in [0.717, 1.165) is 0 Å². The number of urea groups is 1. The average molecular weight is 269 g/mol.